The van der Waals surface area contributed by atoms with Crippen LogP contribution in [0.5, 0.6) is 5.75 Å². The SMILES string of the molecule is CC(=O)Oc1ccc(C(=O)NCc2ccc(Cl)cc2)cc1. The summed E-state index contributed by atoms with van der Waals surface area (Å²) in [6.07, 6.45) is 0. The van der Waals surface area contributed by atoms with Crippen LogP contribution in [0.4, 0.5) is 0 Å². The lowest BCUT2D eigenvalue weighted by Crippen LogP contribution is -2.22. The van der Waals surface area contributed by atoms with E-state index in [-0.39, 0.29) is 5.91 Å². The van der Waals surface area contributed by atoms with Crippen LogP contribution in [-0.2, 0) is 11.3 Å². The van der Waals surface area contributed by atoms with Gasteiger partial charge in [-0.05, 0) is 42.0 Å². The molecule has 108 valence electrons. The summed E-state index contributed by atoms with van der Waals surface area (Å²) in [6.45, 7) is 1.74. The molecule has 4 nitrogen and oxygen atoms in total. The fourth-order valence-electron chi connectivity index (χ4n) is 1.73. The van der Waals surface area contributed by atoms with Gasteiger partial charge in [0.05, 0.1) is 0 Å². The Morgan fingerprint density at radius 3 is 2.24 bits per heavy atom. The zero-order valence-electron chi connectivity index (χ0n) is 11.4. The van der Waals surface area contributed by atoms with Crippen molar-refractivity contribution in [2.75, 3.05) is 0 Å². The second-order valence-corrected chi connectivity index (χ2v) is 4.86. The van der Waals surface area contributed by atoms with Gasteiger partial charge in [0.1, 0.15) is 5.75 Å². The number of hydrogen-bond acceptors (Lipinski definition) is 3. The van der Waals surface area contributed by atoms with Crippen molar-refractivity contribution in [3.05, 3.63) is 64.7 Å². The molecule has 0 atom stereocenters. The Labute approximate surface area is 127 Å². The van der Waals surface area contributed by atoms with Crippen molar-refractivity contribution in [3.63, 3.8) is 0 Å². The maximum Gasteiger partial charge on any atom is 0.308 e. The summed E-state index contributed by atoms with van der Waals surface area (Å²) < 4.78 is 4.91. The van der Waals surface area contributed by atoms with Crippen LogP contribution in [0.25, 0.3) is 0 Å². The standard InChI is InChI=1S/C16H14ClNO3/c1-11(19)21-15-8-4-13(5-9-15)16(20)18-10-12-2-6-14(17)7-3-12/h2-9H,10H2,1H3,(H,18,20). The topological polar surface area (TPSA) is 55.4 Å². The molecule has 0 radical (unpaired) electrons. The summed E-state index contributed by atoms with van der Waals surface area (Å²) >= 11 is 5.80. The molecule has 2 aromatic carbocycles. The van der Waals surface area contributed by atoms with E-state index in [1.165, 1.54) is 6.92 Å². The first-order valence-electron chi connectivity index (χ1n) is 6.36. The van der Waals surface area contributed by atoms with Gasteiger partial charge in [0.15, 0.2) is 0 Å². The molecule has 0 aliphatic carbocycles. The molecule has 0 fully saturated rings. The normalized spacial score (nSPS) is 10.0. The predicted octanol–water partition coefficient (Wildman–Crippen LogP) is 3.20. The Hall–Kier alpha value is -2.33. The van der Waals surface area contributed by atoms with Crippen LogP contribution in [0.3, 0.4) is 0 Å². The first kappa shape index (κ1) is 15.1. The van der Waals surface area contributed by atoms with Crippen molar-refractivity contribution in [1.82, 2.24) is 5.32 Å². The molecule has 0 aliphatic rings. The summed E-state index contributed by atoms with van der Waals surface area (Å²) in [6, 6.07) is 13.6. The van der Waals surface area contributed by atoms with Crippen LogP contribution in [0.2, 0.25) is 5.02 Å². The molecule has 0 unspecified atom stereocenters. The summed E-state index contributed by atoms with van der Waals surface area (Å²) in [5.41, 5.74) is 1.46. The Balaban J connectivity index is 1.93. The highest BCUT2D eigenvalue weighted by atomic mass is 35.5. The minimum absolute atomic E-state index is 0.195. The second-order valence-electron chi connectivity index (χ2n) is 4.43. The van der Waals surface area contributed by atoms with E-state index >= 15 is 0 Å². The zero-order chi connectivity index (χ0) is 15.2. The number of hydrogen-bond donors (Lipinski definition) is 1. The maximum atomic E-state index is 12.0. The molecule has 0 bridgehead atoms. The molecule has 0 aliphatic heterocycles. The van der Waals surface area contributed by atoms with E-state index in [0.29, 0.717) is 22.9 Å². The number of carbonyl (C=O) groups excluding carboxylic acids is 2. The van der Waals surface area contributed by atoms with E-state index in [9.17, 15) is 9.59 Å². The third-order valence-electron chi connectivity index (χ3n) is 2.74. The minimum Gasteiger partial charge on any atom is -0.427 e. The first-order valence-corrected chi connectivity index (χ1v) is 6.73. The van der Waals surface area contributed by atoms with Crippen molar-refractivity contribution in [3.8, 4) is 5.75 Å². The van der Waals surface area contributed by atoms with Crippen molar-refractivity contribution in [2.24, 2.45) is 0 Å². The summed E-state index contributed by atoms with van der Waals surface area (Å²) in [4.78, 5) is 22.8. The molecule has 21 heavy (non-hydrogen) atoms. The van der Waals surface area contributed by atoms with Crippen LogP contribution < -0.4 is 10.1 Å². The number of rotatable bonds is 4. The van der Waals surface area contributed by atoms with E-state index in [1.54, 1.807) is 36.4 Å². The molecule has 0 heterocycles. The molecule has 2 aromatic rings. The van der Waals surface area contributed by atoms with Crippen molar-refractivity contribution in [2.45, 2.75) is 13.5 Å². The summed E-state index contributed by atoms with van der Waals surface area (Å²) in [5, 5.41) is 3.46. The molecule has 5 heteroatoms. The van der Waals surface area contributed by atoms with Crippen molar-refractivity contribution < 1.29 is 14.3 Å². The van der Waals surface area contributed by atoms with E-state index < -0.39 is 5.97 Å². The first-order chi connectivity index (χ1) is 10.0. The van der Waals surface area contributed by atoms with E-state index in [2.05, 4.69) is 5.32 Å². The van der Waals surface area contributed by atoms with Gasteiger partial charge >= 0.3 is 5.97 Å². The van der Waals surface area contributed by atoms with Crippen LogP contribution in [0.15, 0.2) is 48.5 Å². The van der Waals surface area contributed by atoms with Gasteiger partial charge in [0.2, 0.25) is 0 Å². The number of nitrogens with one attached hydrogen (secondary N) is 1. The lowest BCUT2D eigenvalue weighted by atomic mass is 10.2. The molecule has 0 spiro atoms. The number of amides is 1. The highest BCUT2D eigenvalue weighted by Gasteiger charge is 2.06. The third kappa shape index (κ3) is 4.61. The van der Waals surface area contributed by atoms with Crippen LogP contribution in [0, 0.1) is 0 Å². The molecular formula is C16H14ClNO3. The largest absolute Gasteiger partial charge is 0.427 e. The smallest absolute Gasteiger partial charge is 0.308 e. The average Bonchev–Trinajstić information content (AvgIpc) is 2.46. The zero-order valence-corrected chi connectivity index (χ0v) is 12.2. The number of esters is 1. The highest BCUT2D eigenvalue weighted by molar-refractivity contribution is 6.30. The number of ether oxygens (including phenoxy) is 1. The van der Waals surface area contributed by atoms with Gasteiger partial charge in [0, 0.05) is 24.1 Å². The molecule has 0 saturated heterocycles. The summed E-state index contributed by atoms with van der Waals surface area (Å²) in [7, 11) is 0. The molecule has 2 rings (SSSR count). The minimum atomic E-state index is -0.394. The second kappa shape index (κ2) is 6.90. The molecule has 0 aromatic heterocycles. The molecule has 1 N–H and O–H groups in total. The fraction of sp³-hybridized carbons (Fsp3) is 0.125. The Bertz CT molecular complexity index is 636. The molecule has 0 saturated carbocycles. The lowest BCUT2D eigenvalue weighted by Gasteiger charge is -2.06. The molecule has 1 amide bonds. The molecular weight excluding hydrogens is 290 g/mol. The Morgan fingerprint density at radius 1 is 1.05 bits per heavy atom. The van der Waals surface area contributed by atoms with Gasteiger partial charge < -0.3 is 10.1 Å². The average molecular weight is 304 g/mol. The van der Waals surface area contributed by atoms with Gasteiger partial charge in [-0.2, -0.15) is 0 Å². The highest BCUT2D eigenvalue weighted by Crippen LogP contribution is 2.13. The van der Waals surface area contributed by atoms with Crippen LogP contribution >= 0.6 is 11.6 Å². The van der Waals surface area contributed by atoms with Crippen molar-refractivity contribution in [1.29, 1.82) is 0 Å². The number of halogens is 1. The van der Waals surface area contributed by atoms with E-state index in [4.69, 9.17) is 16.3 Å². The third-order valence-corrected chi connectivity index (χ3v) is 3.00. The fourth-order valence-corrected chi connectivity index (χ4v) is 1.85. The van der Waals surface area contributed by atoms with Crippen molar-refractivity contribution >= 4 is 23.5 Å². The quantitative estimate of drug-likeness (QED) is 0.697. The maximum absolute atomic E-state index is 12.0. The van der Waals surface area contributed by atoms with Gasteiger partial charge in [0.25, 0.3) is 5.91 Å². The van der Waals surface area contributed by atoms with Gasteiger partial charge in [-0.25, -0.2) is 0 Å². The van der Waals surface area contributed by atoms with Gasteiger partial charge in [-0.15, -0.1) is 0 Å². The van der Waals surface area contributed by atoms with Gasteiger partial charge in [-0.1, -0.05) is 23.7 Å². The van der Waals surface area contributed by atoms with Crippen LogP contribution in [-0.4, -0.2) is 11.9 Å². The van der Waals surface area contributed by atoms with Crippen LogP contribution in [0.1, 0.15) is 22.8 Å². The summed E-state index contributed by atoms with van der Waals surface area (Å²) in [5.74, 6) is -0.175. The Kier molecular flexibility index (Phi) is 4.95. The Morgan fingerprint density at radius 2 is 1.67 bits per heavy atom. The van der Waals surface area contributed by atoms with E-state index in [1.807, 2.05) is 12.1 Å². The monoisotopic (exact) mass is 303 g/mol. The van der Waals surface area contributed by atoms with E-state index in [0.717, 1.165) is 5.56 Å². The predicted molar refractivity (Wildman–Crippen MR) is 80.4 cm³/mol. The number of carbonyl (C=O) groups is 2. The van der Waals surface area contributed by atoms with Gasteiger partial charge in [-0.3, -0.25) is 9.59 Å². The number of benzene rings is 2. The lowest BCUT2D eigenvalue weighted by molar-refractivity contribution is -0.131.